The highest BCUT2D eigenvalue weighted by Gasteiger charge is 2.29. The molecule has 2 N–H and O–H groups in total. The Morgan fingerprint density at radius 1 is 1.35 bits per heavy atom. The van der Waals surface area contributed by atoms with Gasteiger partial charge in [0.15, 0.2) is 0 Å². The minimum Gasteiger partial charge on any atom is -0.324 e. The molecule has 0 radical (unpaired) electrons. The van der Waals surface area contributed by atoms with Crippen LogP contribution in [0.4, 0.5) is 5.69 Å². The zero-order valence-electron chi connectivity index (χ0n) is 12.1. The zero-order chi connectivity index (χ0) is 14.5. The SMILES string of the molecule is CCN(CC)CCCNC1C(=O)Nc2ccc(Br)cc21. The third-order valence-electron chi connectivity index (χ3n) is 3.74. The monoisotopic (exact) mass is 339 g/mol. The molecule has 1 aliphatic rings. The maximum absolute atomic E-state index is 12.0. The minimum absolute atomic E-state index is 0.0425. The fourth-order valence-electron chi connectivity index (χ4n) is 2.52. The van der Waals surface area contributed by atoms with Crippen molar-refractivity contribution >= 4 is 27.5 Å². The van der Waals surface area contributed by atoms with Gasteiger partial charge in [-0.15, -0.1) is 0 Å². The molecule has 0 aromatic heterocycles. The molecule has 1 unspecified atom stereocenters. The first kappa shape index (κ1) is 15.5. The predicted octanol–water partition coefficient (Wildman–Crippen LogP) is 2.76. The van der Waals surface area contributed by atoms with Crippen LogP contribution >= 0.6 is 15.9 Å². The molecule has 0 saturated heterocycles. The summed E-state index contributed by atoms with van der Waals surface area (Å²) in [5.74, 6) is 0.0425. The van der Waals surface area contributed by atoms with Crippen molar-refractivity contribution in [3.8, 4) is 0 Å². The number of nitrogens with zero attached hydrogens (tertiary/aromatic N) is 1. The summed E-state index contributed by atoms with van der Waals surface area (Å²) in [6, 6.07) is 5.67. The molecule has 1 aromatic carbocycles. The summed E-state index contributed by atoms with van der Waals surface area (Å²) in [7, 11) is 0. The number of fused-ring (bicyclic) bond motifs is 1. The number of benzene rings is 1. The number of amides is 1. The van der Waals surface area contributed by atoms with Crippen LogP contribution in [0.2, 0.25) is 0 Å². The summed E-state index contributed by atoms with van der Waals surface area (Å²) in [5.41, 5.74) is 1.95. The summed E-state index contributed by atoms with van der Waals surface area (Å²) in [6.07, 6.45) is 1.05. The average Bonchev–Trinajstić information content (AvgIpc) is 2.75. The predicted molar refractivity (Wildman–Crippen MR) is 85.9 cm³/mol. The van der Waals surface area contributed by atoms with E-state index in [1.807, 2.05) is 18.2 Å². The lowest BCUT2D eigenvalue weighted by Gasteiger charge is -2.18. The third-order valence-corrected chi connectivity index (χ3v) is 4.23. The molecule has 4 nitrogen and oxygen atoms in total. The lowest BCUT2D eigenvalue weighted by atomic mass is 10.1. The molecule has 110 valence electrons. The van der Waals surface area contributed by atoms with Crippen LogP contribution in [-0.4, -0.2) is 37.0 Å². The molecular formula is C15H22BrN3O. The second-order valence-electron chi connectivity index (χ2n) is 4.99. The van der Waals surface area contributed by atoms with Crippen LogP contribution in [0.25, 0.3) is 0 Å². The van der Waals surface area contributed by atoms with Crippen molar-refractivity contribution in [3.63, 3.8) is 0 Å². The number of halogens is 1. The number of rotatable bonds is 7. The van der Waals surface area contributed by atoms with Crippen molar-refractivity contribution in [2.45, 2.75) is 26.3 Å². The van der Waals surface area contributed by atoms with E-state index >= 15 is 0 Å². The molecule has 1 amide bonds. The number of hydrogen-bond donors (Lipinski definition) is 2. The maximum Gasteiger partial charge on any atom is 0.246 e. The molecule has 1 aromatic rings. The number of anilines is 1. The van der Waals surface area contributed by atoms with Gasteiger partial charge in [0.2, 0.25) is 5.91 Å². The van der Waals surface area contributed by atoms with Gasteiger partial charge >= 0.3 is 0 Å². The van der Waals surface area contributed by atoms with Gasteiger partial charge in [0.05, 0.1) is 0 Å². The number of nitrogens with one attached hydrogen (secondary N) is 2. The summed E-state index contributed by atoms with van der Waals surface area (Å²) in [5, 5.41) is 6.27. The van der Waals surface area contributed by atoms with Crippen molar-refractivity contribution in [1.29, 1.82) is 0 Å². The standard InChI is InChI=1S/C15H22BrN3O/c1-3-19(4-2)9-5-8-17-14-12-10-11(16)6-7-13(12)18-15(14)20/h6-7,10,14,17H,3-5,8-9H2,1-2H3,(H,18,20). The lowest BCUT2D eigenvalue weighted by molar-refractivity contribution is -0.117. The summed E-state index contributed by atoms with van der Waals surface area (Å²) in [4.78, 5) is 14.4. The van der Waals surface area contributed by atoms with E-state index in [9.17, 15) is 4.79 Å². The van der Waals surface area contributed by atoms with Gasteiger partial charge in [-0.25, -0.2) is 0 Å². The van der Waals surface area contributed by atoms with Crippen molar-refractivity contribution < 1.29 is 4.79 Å². The molecule has 20 heavy (non-hydrogen) atoms. The first-order valence-electron chi connectivity index (χ1n) is 7.21. The van der Waals surface area contributed by atoms with Crippen LogP contribution < -0.4 is 10.6 Å². The van der Waals surface area contributed by atoms with Gasteiger partial charge in [-0.2, -0.15) is 0 Å². The quantitative estimate of drug-likeness (QED) is 0.751. The second kappa shape index (κ2) is 7.20. The zero-order valence-corrected chi connectivity index (χ0v) is 13.7. The van der Waals surface area contributed by atoms with Crippen molar-refractivity contribution in [2.75, 3.05) is 31.5 Å². The maximum atomic E-state index is 12.0. The van der Waals surface area contributed by atoms with E-state index in [0.717, 1.165) is 48.3 Å². The Bertz CT molecular complexity index is 474. The van der Waals surface area contributed by atoms with E-state index in [2.05, 4.69) is 45.3 Å². The normalized spacial score (nSPS) is 17.4. The Labute approximate surface area is 129 Å². The first-order chi connectivity index (χ1) is 9.65. The fourth-order valence-corrected chi connectivity index (χ4v) is 2.90. The molecule has 5 heteroatoms. The van der Waals surface area contributed by atoms with Crippen LogP contribution in [0.1, 0.15) is 31.9 Å². The fraction of sp³-hybridized carbons (Fsp3) is 0.533. The largest absolute Gasteiger partial charge is 0.324 e. The summed E-state index contributed by atoms with van der Waals surface area (Å²) in [6.45, 7) is 8.43. The number of carbonyl (C=O) groups excluding carboxylic acids is 1. The second-order valence-corrected chi connectivity index (χ2v) is 5.90. The number of carbonyl (C=O) groups is 1. The highest BCUT2D eigenvalue weighted by atomic mass is 79.9. The van der Waals surface area contributed by atoms with Crippen molar-refractivity contribution in [2.24, 2.45) is 0 Å². The third kappa shape index (κ3) is 3.59. The van der Waals surface area contributed by atoms with Gasteiger partial charge in [0, 0.05) is 15.7 Å². The molecule has 0 saturated carbocycles. The summed E-state index contributed by atoms with van der Waals surface area (Å²) < 4.78 is 1.00. The van der Waals surface area contributed by atoms with Gasteiger partial charge in [0.25, 0.3) is 0 Å². The van der Waals surface area contributed by atoms with Crippen molar-refractivity contribution in [1.82, 2.24) is 10.2 Å². The van der Waals surface area contributed by atoms with E-state index in [-0.39, 0.29) is 11.9 Å². The van der Waals surface area contributed by atoms with Crippen LogP contribution in [-0.2, 0) is 4.79 Å². The average molecular weight is 340 g/mol. The Kier molecular flexibility index (Phi) is 5.57. The molecule has 1 aliphatic heterocycles. The molecule has 1 heterocycles. The summed E-state index contributed by atoms with van der Waals surface area (Å²) >= 11 is 3.46. The lowest BCUT2D eigenvalue weighted by Crippen LogP contribution is -2.31. The van der Waals surface area contributed by atoms with Crippen LogP contribution in [0.15, 0.2) is 22.7 Å². The van der Waals surface area contributed by atoms with Gasteiger partial charge in [0.1, 0.15) is 6.04 Å². The molecule has 0 spiro atoms. The molecule has 0 aliphatic carbocycles. The van der Waals surface area contributed by atoms with Crippen molar-refractivity contribution in [3.05, 3.63) is 28.2 Å². The van der Waals surface area contributed by atoms with E-state index in [1.165, 1.54) is 0 Å². The minimum atomic E-state index is -0.223. The van der Waals surface area contributed by atoms with Crippen LogP contribution in [0.5, 0.6) is 0 Å². The Morgan fingerprint density at radius 3 is 2.80 bits per heavy atom. The smallest absolute Gasteiger partial charge is 0.246 e. The highest BCUT2D eigenvalue weighted by molar-refractivity contribution is 9.10. The Hall–Kier alpha value is -0.910. The van der Waals surface area contributed by atoms with Crippen LogP contribution in [0, 0.1) is 0 Å². The topological polar surface area (TPSA) is 44.4 Å². The van der Waals surface area contributed by atoms with Gasteiger partial charge in [-0.05, 0) is 50.8 Å². The molecule has 1 atom stereocenters. The highest BCUT2D eigenvalue weighted by Crippen LogP contribution is 2.32. The van der Waals surface area contributed by atoms with Crippen LogP contribution in [0.3, 0.4) is 0 Å². The van der Waals surface area contributed by atoms with E-state index in [1.54, 1.807) is 0 Å². The first-order valence-corrected chi connectivity index (χ1v) is 8.01. The molecule has 0 fully saturated rings. The van der Waals surface area contributed by atoms with Gasteiger partial charge < -0.3 is 15.5 Å². The number of hydrogen-bond acceptors (Lipinski definition) is 3. The molecule has 2 rings (SSSR count). The molecule has 0 bridgehead atoms. The Balaban J connectivity index is 1.88. The van der Waals surface area contributed by atoms with Gasteiger partial charge in [-0.3, -0.25) is 4.79 Å². The van der Waals surface area contributed by atoms with E-state index in [4.69, 9.17) is 0 Å². The van der Waals surface area contributed by atoms with Gasteiger partial charge in [-0.1, -0.05) is 29.8 Å². The Morgan fingerprint density at radius 2 is 2.10 bits per heavy atom. The van der Waals surface area contributed by atoms with E-state index in [0.29, 0.717) is 0 Å². The molecular weight excluding hydrogens is 318 g/mol. The van der Waals surface area contributed by atoms with E-state index < -0.39 is 0 Å².